The minimum absolute atomic E-state index is 0.0778. The number of piperidine rings is 1. The van der Waals surface area contributed by atoms with Crippen LogP contribution in [0.4, 0.5) is 0 Å². The number of hydrogen-bond donors (Lipinski definition) is 3. The van der Waals surface area contributed by atoms with Crippen LogP contribution in [0.5, 0.6) is 0 Å². The van der Waals surface area contributed by atoms with E-state index in [2.05, 4.69) is 10.6 Å². The second-order valence-corrected chi connectivity index (χ2v) is 5.55. The van der Waals surface area contributed by atoms with E-state index in [1.165, 1.54) is 12.8 Å². The summed E-state index contributed by atoms with van der Waals surface area (Å²) >= 11 is 0. The van der Waals surface area contributed by atoms with Gasteiger partial charge in [-0.2, -0.15) is 0 Å². The van der Waals surface area contributed by atoms with Crippen LogP contribution in [-0.4, -0.2) is 43.7 Å². The number of primary amides is 1. The smallest absolute Gasteiger partial charge is 0.243 e. The molecule has 0 spiro atoms. The molecule has 6 nitrogen and oxygen atoms in total. The largest absolute Gasteiger partial charge is 0.370 e. The van der Waals surface area contributed by atoms with Crippen molar-refractivity contribution in [3.8, 4) is 0 Å². The van der Waals surface area contributed by atoms with Crippen LogP contribution in [0.1, 0.15) is 32.1 Å². The van der Waals surface area contributed by atoms with Crippen LogP contribution in [0.2, 0.25) is 0 Å². The van der Waals surface area contributed by atoms with Crippen molar-refractivity contribution >= 4 is 11.8 Å². The molecule has 2 atom stereocenters. The highest BCUT2D eigenvalue weighted by Crippen LogP contribution is 2.32. The number of rotatable bonds is 7. The normalized spacial score (nSPS) is 29.2. The third-order valence-corrected chi connectivity index (χ3v) is 3.86. The molecule has 2 bridgehead atoms. The van der Waals surface area contributed by atoms with Gasteiger partial charge in [0.1, 0.15) is 6.61 Å². The molecule has 2 saturated heterocycles. The number of fused-ring (bicyclic) bond motifs is 2. The van der Waals surface area contributed by atoms with Gasteiger partial charge in [-0.25, -0.2) is 0 Å². The van der Waals surface area contributed by atoms with Crippen LogP contribution in [-0.2, 0) is 14.3 Å². The van der Waals surface area contributed by atoms with Gasteiger partial charge in [-0.3, -0.25) is 9.59 Å². The van der Waals surface area contributed by atoms with Gasteiger partial charge in [0, 0.05) is 25.0 Å². The molecule has 0 aromatic rings. The summed E-state index contributed by atoms with van der Waals surface area (Å²) in [6.45, 7) is 0.670. The van der Waals surface area contributed by atoms with Crippen molar-refractivity contribution in [1.29, 1.82) is 0 Å². The highest BCUT2D eigenvalue weighted by Gasteiger charge is 2.33. The first-order valence-corrected chi connectivity index (χ1v) is 7.02. The number of amides is 2. The Morgan fingerprint density at radius 1 is 1.26 bits per heavy atom. The second kappa shape index (κ2) is 6.86. The predicted octanol–water partition coefficient (Wildman–Crippen LogP) is -0.475. The Hall–Kier alpha value is -1.14. The lowest BCUT2D eigenvalue weighted by Gasteiger charge is -2.28. The first-order valence-electron chi connectivity index (χ1n) is 7.02. The molecular formula is C13H23N3O3. The number of ether oxygens (including phenoxy) is 1. The molecule has 0 radical (unpaired) electrons. The standard InChI is InChI=1S/C13H23N3O3/c14-12(17)8-19-4-3-15-13(18)7-9-5-10-1-2-11(6-9)16-10/h9-11,16H,1-8H2,(H2,14,17)(H,15,18). The zero-order chi connectivity index (χ0) is 13.7. The van der Waals surface area contributed by atoms with Crippen molar-refractivity contribution in [3.63, 3.8) is 0 Å². The molecule has 0 aliphatic carbocycles. The Labute approximate surface area is 113 Å². The van der Waals surface area contributed by atoms with E-state index in [0.717, 1.165) is 12.8 Å². The fraction of sp³-hybridized carbons (Fsp3) is 0.846. The second-order valence-electron chi connectivity index (χ2n) is 5.55. The van der Waals surface area contributed by atoms with Crippen LogP contribution < -0.4 is 16.4 Å². The molecule has 19 heavy (non-hydrogen) atoms. The van der Waals surface area contributed by atoms with E-state index in [0.29, 0.717) is 37.6 Å². The Bertz CT molecular complexity index is 323. The van der Waals surface area contributed by atoms with Crippen LogP contribution in [0.15, 0.2) is 0 Å². The monoisotopic (exact) mass is 269 g/mol. The molecule has 2 fully saturated rings. The van der Waals surface area contributed by atoms with Gasteiger partial charge in [0.2, 0.25) is 11.8 Å². The Morgan fingerprint density at radius 3 is 2.58 bits per heavy atom. The van der Waals surface area contributed by atoms with E-state index in [4.69, 9.17) is 10.5 Å². The maximum atomic E-state index is 11.8. The Kier molecular flexibility index (Phi) is 5.15. The minimum atomic E-state index is -0.489. The topological polar surface area (TPSA) is 93.5 Å². The number of carbonyl (C=O) groups excluding carboxylic acids is 2. The van der Waals surface area contributed by atoms with E-state index in [1.807, 2.05) is 0 Å². The molecule has 2 aliphatic rings. The Morgan fingerprint density at radius 2 is 1.95 bits per heavy atom. The summed E-state index contributed by atoms with van der Waals surface area (Å²) in [5.41, 5.74) is 4.93. The third kappa shape index (κ3) is 4.80. The third-order valence-electron chi connectivity index (χ3n) is 3.86. The molecule has 6 heteroatoms. The lowest BCUT2D eigenvalue weighted by Crippen LogP contribution is -2.40. The van der Waals surface area contributed by atoms with Gasteiger partial charge in [-0.15, -0.1) is 0 Å². The fourth-order valence-electron chi connectivity index (χ4n) is 3.11. The first-order chi connectivity index (χ1) is 9.13. The summed E-state index contributed by atoms with van der Waals surface area (Å²) in [6.07, 6.45) is 5.34. The maximum Gasteiger partial charge on any atom is 0.243 e. The lowest BCUT2D eigenvalue weighted by molar-refractivity contribution is -0.123. The average Bonchev–Trinajstić information content (AvgIpc) is 2.68. The van der Waals surface area contributed by atoms with Crippen molar-refractivity contribution < 1.29 is 14.3 Å². The molecule has 2 heterocycles. The summed E-state index contributed by atoms with van der Waals surface area (Å²) in [6, 6.07) is 1.24. The summed E-state index contributed by atoms with van der Waals surface area (Å²) < 4.78 is 4.98. The Balaban J connectivity index is 1.56. The van der Waals surface area contributed by atoms with Gasteiger partial charge in [0.25, 0.3) is 0 Å². The van der Waals surface area contributed by atoms with E-state index in [-0.39, 0.29) is 12.5 Å². The van der Waals surface area contributed by atoms with Crippen molar-refractivity contribution in [2.45, 2.75) is 44.2 Å². The first kappa shape index (κ1) is 14.3. The van der Waals surface area contributed by atoms with Crippen molar-refractivity contribution in [3.05, 3.63) is 0 Å². The summed E-state index contributed by atoms with van der Waals surface area (Å²) in [4.78, 5) is 22.2. The van der Waals surface area contributed by atoms with Crippen LogP contribution >= 0.6 is 0 Å². The molecular weight excluding hydrogens is 246 g/mol. The fourth-order valence-corrected chi connectivity index (χ4v) is 3.11. The maximum absolute atomic E-state index is 11.8. The van der Waals surface area contributed by atoms with Gasteiger partial charge >= 0.3 is 0 Å². The summed E-state index contributed by atoms with van der Waals surface area (Å²) in [5.74, 6) is 0.0933. The van der Waals surface area contributed by atoms with E-state index >= 15 is 0 Å². The van der Waals surface area contributed by atoms with Gasteiger partial charge in [-0.1, -0.05) is 0 Å². The predicted molar refractivity (Wildman–Crippen MR) is 70.3 cm³/mol. The highest BCUT2D eigenvalue weighted by atomic mass is 16.5. The minimum Gasteiger partial charge on any atom is -0.370 e. The molecule has 2 aliphatic heterocycles. The van der Waals surface area contributed by atoms with Crippen molar-refractivity contribution in [1.82, 2.24) is 10.6 Å². The summed E-state index contributed by atoms with van der Waals surface area (Å²) in [5, 5.41) is 6.39. The van der Waals surface area contributed by atoms with E-state index in [9.17, 15) is 9.59 Å². The van der Waals surface area contributed by atoms with E-state index < -0.39 is 5.91 Å². The zero-order valence-corrected chi connectivity index (χ0v) is 11.2. The SMILES string of the molecule is NC(=O)COCCNC(=O)CC1CC2CCC(C1)N2. The molecule has 4 N–H and O–H groups in total. The molecule has 108 valence electrons. The lowest BCUT2D eigenvalue weighted by atomic mass is 9.89. The zero-order valence-electron chi connectivity index (χ0n) is 11.2. The number of nitrogens with two attached hydrogens (primary N) is 1. The van der Waals surface area contributed by atoms with Gasteiger partial charge < -0.3 is 21.1 Å². The van der Waals surface area contributed by atoms with Crippen LogP contribution in [0.3, 0.4) is 0 Å². The number of nitrogens with one attached hydrogen (secondary N) is 2. The van der Waals surface area contributed by atoms with Crippen LogP contribution in [0.25, 0.3) is 0 Å². The van der Waals surface area contributed by atoms with Crippen molar-refractivity contribution in [2.24, 2.45) is 11.7 Å². The van der Waals surface area contributed by atoms with Crippen molar-refractivity contribution in [2.75, 3.05) is 19.8 Å². The molecule has 0 saturated carbocycles. The average molecular weight is 269 g/mol. The van der Waals surface area contributed by atoms with E-state index in [1.54, 1.807) is 0 Å². The molecule has 0 aromatic carbocycles. The van der Waals surface area contributed by atoms with Crippen LogP contribution in [0, 0.1) is 5.92 Å². The molecule has 2 rings (SSSR count). The molecule has 2 amide bonds. The number of carbonyl (C=O) groups is 2. The summed E-state index contributed by atoms with van der Waals surface area (Å²) in [7, 11) is 0. The molecule has 2 unspecified atom stereocenters. The quantitative estimate of drug-likeness (QED) is 0.544. The number of hydrogen-bond acceptors (Lipinski definition) is 4. The molecule has 0 aromatic heterocycles. The highest BCUT2D eigenvalue weighted by molar-refractivity contribution is 5.76. The van der Waals surface area contributed by atoms with Gasteiger partial charge in [-0.05, 0) is 31.6 Å². The van der Waals surface area contributed by atoms with Gasteiger partial charge in [0.05, 0.1) is 6.61 Å². The van der Waals surface area contributed by atoms with Gasteiger partial charge in [0.15, 0.2) is 0 Å².